The standard InChI is InChI=1S/C13H12N4O3S/c1-7(11(18)14-12-16-15-8(2)21-12)17-9-5-3-4-6-10(9)20-13(17)19/h3-7H,1-2H3,(H,14,16,18). The Hall–Kier alpha value is -2.48. The number of oxazole rings is 1. The normalized spacial score (nSPS) is 12.5. The van der Waals surface area contributed by atoms with Crippen LogP contribution in [0.4, 0.5) is 5.13 Å². The van der Waals surface area contributed by atoms with Gasteiger partial charge in [0.2, 0.25) is 11.0 Å². The van der Waals surface area contributed by atoms with E-state index in [4.69, 9.17) is 4.42 Å². The maximum Gasteiger partial charge on any atom is 0.420 e. The number of anilines is 1. The van der Waals surface area contributed by atoms with Gasteiger partial charge in [0.15, 0.2) is 5.58 Å². The highest BCUT2D eigenvalue weighted by Gasteiger charge is 2.22. The lowest BCUT2D eigenvalue weighted by Gasteiger charge is -2.11. The van der Waals surface area contributed by atoms with E-state index in [2.05, 4.69) is 15.5 Å². The fourth-order valence-electron chi connectivity index (χ4n) is 2.02. The van der Waals surface area contributed by atoms with Crippen LogP contribution in [0, 0.1) is 6.92 Å². The number of carbonyl (C=O) groups excluding carboxylic acids is 1. The summed E-state index contributed by atoms with van der Waals surface area (Å²) in [4.78, 5) is 24.2. The molecule has 1 aromatic carbocycles. The van der Waals surface area contributed by atoms with E-state index in [1.807, 2.05) is 0 Å². The Balaban J connectivity index is 1.93. The lowest BCUT2D eigenvalue weighted by Crippen LogP contribution is -2.29. The zero-order valence-electron chi connectivity index (χ0n) is 11.4. The van der Waals surface area contributed by atoms with Crippen molar-refractivity contribution in [2.75, 3.05) is 5.32 Å². The first-order valence-corrected chi connectivity index (χ1v) is 7.09. The van der Waals surface area contributed by atoms with Crippen LogP contribution in [0.1, 0.15) is 18.0 Å². The smallest absolute Gasteiger partial charge is 0.408 e. The van der Waals surface area contributed by atoms with Crippen LogP contribution in [-0.2, 0) is 4.79 Å². The second-order valence-corrected chi connectivity index (χ2v) is 5.68. The van der Waals surface area contributed by atoms with Gasteiger partial charge in [-0.3, -0.25) is 14.7 Å². The molecule has 3 aromatic rings. The van der Waals surface area contributed by atoms with Crippen LogP contribution in [0.15, 0.2) is 33.5 Å². The molecule has 0 aliphatic carbocycles. The Morgan fingerprint density at radius 1 is 1.38 bits per heavy atom. The molecule has 108 valence electrons. The molecule has 0 saturated carbocycles. The van der Waals surface area contributed by atoms with Crippen molar-refractivity contribution in [2.24, 2.45) is 0 Å². The zero-order chi connectivity index (χ0) is 15.0. The molecule has 21 heavy (non-hydrogen) atoms. The largest absolute Gasteiger partial charge is 0.420 e. The second kappa shape index (κ2) is 5.13. The average Bonchev–Trinajstić information content (AvgIpc) is 3.00. The number of amides is 1. The summed E-state index contributed by atoms with van der Waals surface area (Å²) in [5.74, 6) is -0.910. The van der Waals surface area contributed by atoms with Gasteiger partial charge in [-0.1, -0.05) is 23.5 Å². The van der Waals surface area contributed by atoms with Crippen molar-refractivity contribution in [3.05, 3.63) is 39.8 Å². The molecule has 0 radical (unpaired) electrons. The lowest BCUT2D eigenvalue weighted by molar-refractivity contribution is -0.118. The van der Waals surface area contributed by atoms with E-state index in [1.165, 1.54) is 15.9 Å². The number of nitrogens with one attached hydrogen (secondary N) is 1. The lowest BCUT2D eigenvalue weighted by atomic mass is 10.2. The van der Waals surface area contributed by atoms with Crippen LogP contribution in [0.5, 0.6) is 0 Å². The Morgan fingerprint density at radius 3 is 2.86 bits per heavy atom. The minimum absolute atomic E-state index is 0.347. The SMILES string of the molecule is Cc1nnc(NC(=O)C(C)n2c(=O)oc3ccccc32)s1. The Labute approximate surface area is 123 Å². The maximum absolute atomic E-state index is 12.2. The molecule has 2 heterocycles. The van der Waals surface area contributed by atoms with Crippen LogP contribution in [0.25, 0.3) is 11.1 Å². The quantitative estimate of drug-likeness (QED) is 0.798. The summed E-state index contributed by atoms with van der Waals surface area (Å²) >= 11 is 1.27. The van der Waals surface area contributed by atoms with E-state index in [9.17, 15) is 9.59 Å². The van der Waals surface area contributed by atoms with E-state index in [1.54, 1.807) is 38.1 Å². The van der Waals surface area contributed by atoms with E-state index in [0.29, 0.717) is 16.2 Å². The van der Waals surface area contributed by atoms with Gasteiger partial charge in [0.1, 0.15) is 11.0 Å². The van der Waals surface area contributed by atoms with Gasteiger partial charge >= 0.3 is 5.76 Å². The van der Waals surface area contributed by atoms with Crippen LogP contribution < -0.4 is 11.1 Å². The molecule has 3 rings (SSSR count). The van der Waals surface area contributed by atoms with Gasteiger partial charge in [-0.05, 0) is 26.0 Å². The van der Waals surface area contributed by atoms with Gasteiger partial charge in [-0.25, -0.2) is 4.79 Å². The number of benzene rings is 1. The summed E-state index contributed by atoms with van der Waals surface area (Å²) in [6, 6.07) is 6.26. The number of aromatic nitrogens is 3. The maximum atomic E-state index is 12.2. The molecule has 1 unspecified atom stereocenters. The number of para-hydroxylation sites is 2. The van der Waals surface area contributed by atoms with Gasteiger partial charge in [-0.15, -0.1) is 10.2 Å². The van der Waals surface area contributed by atoms with E-state index in [-0.39, 0.29) is 5.91 Å². The fourth-order valence-corrected chi connectivity index (χ4v) is 2.62. The molecule has 0 aliphatic heterocycles. The highest BCUT2D eigenvalue weighted by Crippen LogP contribution is 2.19. The molecule has 2 aromatic heterocycles. The summed E-state index contributed by atoms with van der Waals surface area (Å²) in [6.45, 7) is 3.43. The Kier molecular flexibility index (Phi) is 3.30. The number of rotatable bonds is 3. The Morgan fingerprint density at radius 2 is 2.14 bits per heavy atom. The third kappa shape index (κ3) is 2.45. The molecular weight excluding hydrogens is 292 g/mol. The minimum Gasteiger partial charge on any atom is -0.408 e. The van der Waals surface area contributed by atoms with E-state index in [0.717, 1.165) is 5.01 Å². The molecule has 0 aliphatic rings. The minimum atomic E-state index is -0.717. The molecule has 8 heteroatoms. The molecule has 1 N–H and O–H groups in total. The van der Waals surface area contributed by atoms with Crippen molar-refractivity contribution >= 4 is 33.5 Å². The number of hydrogen-bond donors (Lipinski definition) is 1. The number of aryl methyl sites for hydroxylation is 1. The van der Waals surface area contributed by atoms with Crippen LogP contribution in [0.3, 0.4) is 0 Å². The molecular formula is C13H12N4O3S. The summed E-state index contributed by atoms with van der Waals surface area (Å²) in [5, 5.41) is 11.5. The van der Waals surface area contributed by atoms with Crippen molar-refractivity contribution in [2.45, 2.75) is 19.9 Å². The predicted octanol–water partition coefficient (Wildman–Crippen LogP) is 1.95. The number of nitrogens with zero attached hydrogens (tertiary/aromatic N) is 3. The first-order valence-electron chi connectivity index (χ1n) is 6.27. The molecule has 1 amide bonds. The molecule has 0 fully saturated rings. The van der Waals surface area contributed by atoms with Crippen molar-refractivity contribution in [1.82, 2.24) is 14.8 Å². The highest BCUT2D eigenvalue weighted by atomic mass is 32.1. The van der Waals surface area contributed by atoms with Gasteiger partial charge in [0.25, 0.3) is 0 Å². The monoisotopic (exact) mass is 304 g/mol. The Bertz CT molecular complexity index is 864. The first-order chi connectivity index (χ1) is 10.1. The highest BCUT2D eigenvalue weighted by molar-refractivity contribution is 7.15. The van der Waals surface area contributed by atoms with Crippen molar-refractivity contribution in [3.8, 4) is 0 Å². The topological polar surface area (TPSA) is 90.0 Å². The van der Waals surface area contributed by atoms with Crippen molar-refractivity contribution in [3.63, 3.8) is 0 Å². The van der Waals surface area contributed by atoms with Crippen molar-refractivity contribution < 1.29 is 9.21 Å². The molecule has 1 atom stereocenters. The van der Waals surface area contributed by atoms with Crippen LogP contribution >= 0.6 is 11.3 Å². The van der Waals surface area contributed by atoms with Gasteiger partial charge in [0, 0.05) is 0 Å². The number of carbonyl (C=O) groups is 1. The summed E-state index contributed by atoms with van der Waals surface area (Å²) in [7, 11) is 0. The molecule has 0 saturated heterocycles. The van der Waals surface area contributed by atoms with Crippen molar-refractivity contribution in [1.29, 1.82) is 0 Å². The summed E-state index contributed by atoms with van der Waals surface area (Å²) in [5.41, 5.74) is 1.03. The summed E-state index contributed by atoms with van der Waals surface area (Å²) < 4.78 is 6.44. The average molecular weight is 304 g/mol. The molecule has 7 nitrogen and oxygen atoms in total. The van der Waals surface area contributed by atoms with E-state index >= 15 is 0 Å². The first kappa shape index (κ1) is 13.5. The van der Waals surface area contributed by atoms with Crippen LogP contribution in [-0.4, -0.2) is 20.7 Å². The third-order valence-electron chi connectivity index (χ3n) is 3.04. The third-order valence-corrected chi connectivity index (χ3v) is 3.80. The van der Waals surface area contributed by atoms with Crippen LogP contribution in [0.2, 0.25) is 0 Å². The fraction of sp³-hybridized carbons (Fsp3) is 0.231. The summed E-state index contributed by atoms with van der Waals surface area (Å²) in [6.07, 6.45) is 0. The number of hydrogen-bond acceptors (Lipinski definition) is 6. The van der Waals surface area contributed by atoms with E-state index < -0.39 is 11.8 Å². The predicted molar refractivity (Wildman–Crippen MR) is 78.5 cm³/mol. The number of fused-ring (bicyclic) bond motifs is 1. The van der Waals surface area contributed by atoms with Gasteiger partial charge < -0.3 is 4.42 Å². The van der Waals surface area contributed by atoms with Gasteiger partial charge in [-0.2, -0.15) is 0 Å². The second-order valence-electron chi connectivity index (χ2n) is 4.50. The van der Waals surface area contributed by atoms with Gasteiger partial charge in [0.05, 0.1) is 5.52 Å². The zero-order valence-corrected chi connectivity index (χ0v) is 12.2. The molecule has 0 spiro atoms. The molecule has 0 bridgehead atoms.